The fourth-order valence-corrected chi connectivity index (χ4v) is 3.49. The van der Waals surface area contributed by atoms with Crippen LogP contribution in [0.25, 0.3) is 0 Å². The molecule has 164 valence electrons. The molecule has 1 heterocycles. The van der Waals surface area contributed by atoms with Crippen LogP contribution in [0.1, 0.15) is 38.7 Å². The van der Waals surface area contributed by atoms with E-state index in [0.29, 0.717) is 19.0 Å². The lowest BCUT2D eigenvalue weighted by Gasteiger charge is -2.33. The minimum Gasteiger partial charge on any atom is -0.400 e. The van der Waals surface area contributed by atoms with E-state index in [1.165, 1.54) is 5.57 Å². The summed E-state index contributed by atoms with van der Waals surface area (Å²) in [5, 5.41) is 9.88. The molecule has 1 atom stereocenters. The molecule has 2 amide bonds. The molecule has 2 N–H and O–H groups in total. The number of benzene rings is 1. The van der Waals surface area contributed by atoms with E-state index in [-0.39, 0.29) is 24.7 Å². The van der Waals surface area contributed by atoms with E-state index in [1.807, 2.05) is 55.2 Å². The molecular formula is C24H33BrN2O3. The molecule has 1 saturated heterocycles. The van der Waals surface area contributed by atoms with Crippen molar-refractivity contribution < 1.29 is 14.7 Å². The van der Waals surface area contributed by atoms with E-state index in [4.69, 9.17) is 5.11 Å². The van der Waals surface area contributed by atoms with Crippen LogP contribution in [0.3, 0.4) is 0 Å². The van der Waals surface area contributed by atoms with Crippen LogP contribution >= 0.6 is 15.9 Å². The third-order valence-corrected chi connectivity index (χ3v) is 5.29. The first-order chi connectivity index (χ1) is 14.6. The predicted molar refractivity (Wildman–Crippen MR) is 126 cm³/mol. The first kappa shape index (κ1) is 25.9. The zero-order valence-electron chi connectivity index (χ0n) is 18.1. The van der Waals surface area contributed by atoms with Gasteiger partial charge in [-0.1, -0.05) is 77.9 Å². The molecule has 0 spiro atoms. The average Bonchev–Trinajstić information content (AvgIpc) is 3.04. The maximum absolute atomic E-state index is 12.5. The minimum absolute atomic E-state index is 0.0634. The fraction of sp³-hybridized carbons (Fsp3) is 0.417. The number of hydrogen-bond acceptors (Lipinski definition) is 3. The maximum Gasteiger partial charge on any atom is 0.223 e. The molecule has 1 aromatic rings. The number of allylic oxidation sites excluding steroid dienone is 4. The number of carbonyl (C=O) groups is 2. The van der Waals surface area contributed by atoms with Crippen LogP contribution in [0.15, 0.2) is 64.7 Å². The molecule has 3 rings (SSSR count). The first-order valence-electron chi connectivity index (χ1n) is 10.4. The summed E-state index contributed by atoms with van der Waals surface area (Å²) in [6, 6.07) is 7.82. The number of hydrogen-bond donors (Lipinski definition) is 2. The predicted octanol–water partition coefficient (Wildman–Crippen LogP) is 4.38. The summed E-state index contributed by atoms with van der Waals surface area (Å²) < 4.78 is 1.01. The van der Waals surface area contributed by atoms with Crippen molar-refractivity contribution in [3.8, 4) is 0 Å². The zero-order chi connectivity index (χ0) is 22.4. The Kier molecular flexibility index (Phi) is 12.7. The Morgan fingerprint density at radius 1 is 1.10 bits per heavy atom. The molecule has 0 saturated carbocycles. The van der Waals surface area contributed by atoms with Gasteiger partial charge < -0.3 is 15.3 Å². The van der Waals surface area contributed by atoms with E-state index in [0.717, 1.165) is 30.1 Å². The van der Waals surface area contributed by atoms with Crippen LogP contribution < -0.4 is 5.32 Å². The Labute approximate surface area is 188 Å². The highest BCUT2D eigenvalue weighted by molar-refractivity contribution is 9.10. The van der Waals surface area contributed by atoms with Gasteiger partial charge >= 0.3 is 0 Å². The summed E-state index contributed by atoms with van der Waals surface area (Å²) in [5.41, 5.74) is 2.42. The lowest BCUT2D eigenvalue weighted by atomic mass is 9.91. The summed E-state index contributed by atoms with van der Waals surface area (Å²) in [4.78, 5) is 26.4. The van der Waals surface area contributed by atoms with Gasteiger partial charge in [-0.3, -0.25) is 9.59 Å². The van der Waals surface area contributed by atoms with Gasteiger partial charge in [0.2, 0.25) is 11.8 Å². The minimum atomic E-state index is -0.0857. The van der Waals surface area contributed by atoms with Crippen LogP contribution in [0.2, 0.25) is 0 Å². The van der Waals surface area contributed by atoms with E-state index in [1.54, 1.807) is 0 Å². The molecule has 6 heteroatoms. The normalized spacial score (nSPS) is 16.6. The number of amides is 2. The number of likely N-dealkylation sites (tertiary alicyclic amines) is 1. The Morgan fingerprint density at radius 3 is 2.50 bits per heavy atom. The van der Waals surface area contributed by atoms with Crippen molar-refractivity contribution in [1.82, 2.24) is 10.2 Å². The quantitative estimate of drug-likeness (QED) is 0.662. The van der Waals surface area contributed by atoms with Crippen molar-refractivity contribution in [3.63, 3.8) is 0 Å². The van der Waals surface area contributed by atoms with Gasteiger partial charge in [0, 0.05) is 50.0 Å². The molecule has 1 aliphatic heterocycles. The van der Waals surface area contributed by atoms with Gasteiger partial charge in [0.05, 0.1) is 0 Å². The summed E-state index contributed by atoms with van der Waals surface area (Å²) >= 11 is 3.39. The molecule has 5 nitrogen and oxygen atoms in total. The van der Waals surface area contributed by atoms with E-state index < -0.39 is 0 Å². The summed E-state index contributed by atoms with van der Waals surface area (Å²) in [5.74, 6) is 0.278. The second kappa shape index (κ2) is 14.7. The van der Waals surface area contributed by atoms with Gasteiger partial charge in [-0.25, -0.2) is 0 Å². The number of halogens is 1. The van der Waals surface area contributed by atoms with Crippen molar-refractivity contribution in [3.05, 3.63) is 70.3 Å². The number of aliphatic hydroxyl groups excluding tert-OH is 1. The van der Waals surface area contributed by atoms with Gasteiger partial charge in [-0.2, -0.15) is 0 Å². The highest BCUT2D eigenvalue weighted by Crippen LogP contribution is 2.26. The number of rotatable bonds is 5. The fourth-order valence-electron chi connectivity index (χ4n) is 3.22. The zero-order valence-corrected chi connectivity index (χ0v) is 19.7. The third kappa shape index (κ3) is 8.67. The molecule has 0 radical (unpaired) electrons. The molecule has 30 heavy (non-hydrogen) atoms. The molecule has 1 unspecified atom stereocenters. The molecule has 1 fully saturated rings. The number of piperidine rings is 1. The van der Waals surface area contributed by atoms with Crippen molar-refractivity contribution in [2.24, 2.45) is 5.92 Å². The summed E-state index contributed by atoms with van der Waals surface area (Å²) in [6.07, 6.45) is 11.8. The van der Waals surface area contributed by atoms with Crippen LogP contribution in [0.4, 0.5) is 0 Å². The number of carbonyl (C=O) groups excluding carboxylic acids is 2. The Balaban J connectivity index is 0.00000106. The van der Waals surface area contributed by atoms with E-state index >= 15 is 0 Å². The van der Waals surface area contributed by atoms with E-state index in [2.05, 4.69) is 39.5 Å². The van der Waals surface area contributed by atoms with Crippen molar-refractivity contribution in [2.75, 3.05) is 20.2 Å². The lowest BCUT2D eigenvalue weighted by molar-refractivity contribution is -0.134. The first-order valence-corrected chi connectivity index (χ1v) is 11.2. The molecule has 0 aromatic heterocycles. The number of nitrogens with one attached hydrogen (secondary N) is 1. The number of aliphatic hydroxyl groups is 1. The maximum atomic E-state index is 12.5. The van der Waals surface area contributed by atoms with Crippen LogP contribution in [-0.2, 0) is 16.1 Å². The second-order valence-electron chi connectivity index (χ2n) is 6.61. The average molecular weight is 477 g/mol. The molecule has 0 bridgehead atoms. The molecule has 1 aliphatic carbocycles. The van der Waals surface area contributed by atoms with Crippen LogP contribution in [0, 0.1) is 5.92 Å². The summed E-state index contributed by atoms with van der Waals surface area (Å²) in [6.45, 7) is 5.94. The Morgan fingerprint density at radius 2 is 1.80 bits per heavy atom. The highest BCUT2D eigenvalue weighted by atomic mass is 79.9. The van der Waals surface area contributed by atoms with Gasteiger partial charge in [-0.05, 0) is 24.1 Å². The van der Waals surface area contributed by atoms with Gasteiger partial charge in [-0.15, -0.1) is 0 Å². The number of nitrogens with zero attached hydrogens (tertiary/aromatic N) is 1. The molecule has 2 aliphatic rings. The van der Waals surface area contributed by atoms with Crippen molar-refractivity contribution >= 4 is 27.7 Å². The van der Waals surface area contributed by atoms with Crippen LogP contribution in [-0.4, -0.2) is 42.0 Å². The van der Waals surface area contributed by atoms with E-state index in [9.17, 15) is 9.59 Å². The highest BCUT2D eigenvalue weighted by Gasteiger charge is 2.25. The molecular weight excluding hydrogens is 444 g/mol. The molecule has 1 aromatic carbocycles. The SMILES string of the molecule is CC.CO.O=C(CCC(=O)N1CCC2=CC=CC=CC2C1)NCc1ccc(Br)cc1. The topological polar surface area (TPSA) is 69.6 Å². The van der Waals surface area contributed by atoms with Crippen molar-refractivity contribution in [2.45, 2.75) is 39.7 Å². The van der Waals surface area contributed by atoms with Crippen LogP contribution in [0.5, 0.6) is 0 Å². The Bertz CT molecular complexity index is 754. The monoisotopic (exact) mass is 476 g/mol. The third-order valence-electron chi connectivity index (χ3n) is 4.76. The standard InChI is InChI=1S/C21H23BrN2O2.C2H6.CH4O/c22-19-8-6-16(7-9-19)14-23-20(25)10-11-21(26)24-13-12-17-4-2-1-3-5-18(17)15-24;2*1-2/h1-9,18H,10-15H2,(H,23,25);1-2H3;2H,1H3. The lowest BCUT2D eigenvalue weighted by Crippen LogP contribution is -2.40. The van der Waals surface area contributed by atoms with Gasteiger partial charge in [0.15, 0.2) is 0 Å². The van der Waals surface area contributed by atoms with Gasteiger partial charge in [0.25, 0.3) is 0 Å². The second-order valence-corrected chi connectivity index (χ2v) is 7.53. The Hall–Kier alpha value is -2.18. The summed E-state index contributed by atoms with van der Waals surface area (Å²) in [7, 11) is 1.00. The smallest absolute Gasteiger partial charge is 0.223 e. The van der Waals surface area contributed by atoms with Crippen molar-refractivity contribution in [1.29, 1.82) is 0 Å². The van der Waals surface area contributed by atoms with Gasteiger partial charge in [0.1, 0.15) is 0 Å². The largest absolute Gasteiger partial charge is 0.400 e. The number of fused-ring (bicyclic) bond motifs is 1.